The number of halogens is 1. The van der Waals surface area contributed by atoms with Crippen molar-refractivity contribution in [3.05, 3.63) is 70.4 Å². The van der Waals surface area contributed by atoms with Gasteiger partial charge < -0.3 is 19.3 Å². The van der Waals surface area contributed by atoms with Crippen LogP contribution in [0.4, 0.5) is 0 Å². The highest BCUT2D eigenvalue weighted by Gasteiger charge is 2.40. The van der Waals surface area contributed by atoms with Crippen LogP contribution in [0.15, 0.2) is 52.9 Å². The van der Waals surface area contributed by atoms with Gasteiger partial charge >= 0.3 is 0 Å². The Kier molecular flexibility index (Phi) is 5.86. The quantitative estimate of drug-likeness (QED) is 0.640. The molecule has 0 bridgehead atoms. The van der Waals surface area contributed by atoms with E-state index in [9.17, 15) is 14.7 Å². The molecule has 2 aliphatic rings. The molecule has 2 amide bonds. The van der Waals surface area contributed by atoms with Crippen LogP contribution in [0.5, 0.6) is 0 Å². The number of benzene rings is 2. The first-order chi connectivity index (χ1) is 15.9. The van der Waals surface area contributed by atoms with E-state index in [1.165, 1.54) is 0 Å². The maximum absolute atomic E-state index is 13.2. The summed E-state index contributed by atoms with van der Waals surface area (Å²) in [6.45, 7) is 5.02. The van der Waals surface area contributed by atoms with E-state index in [0.29, 0.717) is 54.7 Å². The number of rotatable bonds is 3. The highest BCUT2D eigenvalue weighted by atomic mass is 35.5. The van der Waals surface area contributed by atoms with Crippen molar-refractivity contribution in [2.24, 2.45) is 0 Å². The van der Waals surface area contributed by atoms with Gasteiger partial charge in [0.05, 0.1) is 12.1 Å². The van der Waals surface area contributed by atoms with Crippen molar-refractivity contribution in [2.75, 3.05) is 39.3 Å². The molecule has 1 aromatic heterocycles. The van der Waals surface area contributed by atoms with E-state index in [1.54, 1.807) is 29.2 Å². The summed E-state index contributed by atoms with van der Waals surface area (Å²) >= 11 is 5.92. The number of aryl methyl sites for hydroxylation is 1. The van der Waals surface area contributed by atoms with Crippen LogP contribution in [0.1, 0.15) is 26.5 Å². The first-order valence-corrected chi connectivity index (χ1v) is 11.5. The fourth-order valence-electron chi connectivity index (χ4n) is 4.85. The fraction of sp³-hybridized carbons (Fsp3) is 0.360. The van der Waals surface area contributed by atoms with Crippen molar-refractivity contribution in [2.45, 2.75) is 19.1 Å². The van der Waals surface area contributed by atoms with Gasteiger partial charge in [-0.1, -0.05) is 29.8 Å². The predicted octanol–water partition coefficient (Wildman–Crippen LogP) is 3.04. The van der Waals surface area contributed by atoms with Crippen molar-refractivity contribution in [1.29, 1.82) is 0 Å². The van der Waals surface area contributed by atoms with Gasteiger partial charge in [0.25, 0.3) is 11.8 Å². The Hall–Kier alpha value is -2.87. The number of fused-ring (bicyclic) bond motifs is 1. The number of nitrogens with zero attached hydrogens (tertiary/aromatic N) is 3. The Morgan fingerprint density at radius 2 is 1.64 bits per heavy atom. The van der Waals surface area contributed by atoms with Crippen molar-refractivity contribution in [3.8, 4) is 0 Å². The molecular formula is C25H26ClN3O4. The molecule has 172 valence electrons. The van der Waals surface area contributed by atoms with Crippen molar-refractivity contribution < 1.29 is 19.1 Å². The Morgan fingerprint density at radius 3 is 2.33 bits per heavy atom. The maximum Gasteiger partial charge on any atom is 0.290 e. The SMILES string of the molecule is Cc1c(C(=O)N2CC(O)C(N3CCN(C(=O)c4ccc(Cl)cc4)CC3)C2)oc2ccccc12. The maximum atomic E-state index is 13.2. The normalized spacial score (nSPS) is 21.7. The van der Waals surface area contributed by atoms with E-state index in [-0.39, 0.29) is 24.4 Å². The van der Waals surface area contributed by atoms with Gasteiger partial charge in [-0.15, -0.1) is 0 Å². The molecule has 0 spiro atoms. The zero-order valence-corrected chi connectivity index (χ0v) is 19.2. The Bertz CT molecular complexity index is 1180. The molecule has 2 aromatic carbocycles. The van der Waals surface area contributed by atoms with Crippen LogP contribution in [-0.2, 0) is 0 Å². The lowest BCUT2D eigenvalue weighted by Crippen LogP contribution is -2.54. The first-order valence-electron chi connectivity index (χ1n) is 11.2. The molecule has 2 aliphatic heterocycles. The number of likely N-dealkylation sites (tertiary alicyclic amines) is 1. The second kappa shape index (κ2) is 8.82. The van der Waals surface area contributed by atoms with E-state index in [1.807, 2.05) is 36.1 Å². The average Bonchev–Trinajstić information content (AvgIpc) is 3.39. The summed E-state index contributed by atoms with van der Waals surface area (Å²) in [7, 11) is 0. The highest BCUT2D eigenvalue weighted by molar-refractivity contribution is 6.30. The number of β-amino-alcohol motifs (C(OH)–C–C–N with tert-alkyl or cyclic N) is 1. The average molecular weight is 468 g/mol. The van der Waals surface area contributed by atoms with Gasteiger partial charge in [0.15, 0.2) is 5.76 Å². The van der Waals surface area contributed by atoms with Crippen molar-refractivity contribution in [1.82, 2.24) is 14.7 Å². The minimum Gasteiger partial charge on any atom is -0.451 e. The molecule has 3 heterocycles. The standard InChI is InChI=1S/C25H26ClN3O4/c1-16-19-4-2-3-5-22(19)33-23(16)25(32)29-14-20(21(30)15-29)27-10-12-28(13-11-27)24(31)17-6-8-18(26)9-7-17/h2-9,20-21,30H,10-15H2,1H3. The smallest absolute Gasteiger partial charge is 0.290 e. The molecule has 2 atom stereocenters. The molecule has 5 rings (SSSR count). The topological polar surface area (TPSA) is 77.2 Å². The molecular weight excluding hydrogens is 442 g/mol. The fourth-order valence-corrected chi connectivity index (χ4v) is 4.97. The molecule has 0 saturated carbocycles. The Morgan fingerprint density at radius 1 is 0.939 bits per heavy atom. The lowest BCUT2D eigenvalue weighted by Gasteiger charge is -2.38. The van der Waals surface area contributed by atoms with Gasteiger partial charge in [-0.2, -0.15) is 0 Å². The minimum absolute atomic E-state index is 0.0181. The molecule has 2 saturated heterocycles. The number of hydrogen-bond donors (Lipinski definition) is 1. The summed E-state index contributed by atoms with van der Waals surface area (Å²) in [5.41, 5.74) is 2.13. The summed E-state index contributed by atoms with van der Waals surface area (Å²) in [5, 5.41) is 12.3. The third-order valence-electron chi connectivity index (χ3n) is 6.75. The van der Waals surface area contributed by atoms with Crippen LogP contribution in [0.2, 0.25) is 5.02 Å². The third kappa shape index (κ3) is 4.12. The molecule has 8 heteroatoms. The van der Waals surface area contributed by atoms with Crippen LogP contribution < -0.4 is 0 Å². The van der Waals surface area contributed by atoms with Crippen LogP contribution in [-0.4, -0.2) is 83.0 Å². The number of aliphatic hydroxyl groups excluding tert-OH is 1. The van der Waals surface area contributed by atoms with E-state index in [2.05, 4.69) is 4.90 Å². The van der Waals surface area contributed by atoms with Crippen LogP contribution in [0.3, 0.4) is 0 Å². The van der Waals surface area contributed by atoms with Crippen LogP contribution in [0, 0.1) is 6.92 Å². The molecule has 33 heavy (non-hydrogen) atoms. The molecule has 2 fully saturated rings. The number of para-hydroxylation sites is 1. The second-order valence-corrected chi connectivity index (χ2v) is 9.17. The summed E-state index contributed by atoms with van der Waals surface area (Å²) in [6, 6.07) is 14.3. The molecule has 3 aromatic rings. The number of hydrogen-bond acceptors (Lipinski definition) is 5. The second-order valence-electron chi connectivity index (χ2n) is 8.73. The number of amides is 2. The molecule has 2 unspecified atom stereocenters. The zero-order chi connectivity index (χ0) is 23.1. The van der Waals surface area contributed by atoms with Crippen LogP contribution in [0.25, 0.3) is 11.0 Å². The van der Waals surface area contributed by atoms with Crippen molar-refractivity contribution in [3.63, 3.8) is 0 Å². The Balaban J connectivity index is 1.22. The van der Waals surface area contributed by atoms with Gasteiger partial charge in [0.1, 0.15) is 5.58 Å². The zero-order valence-electron chi connectivity index (χ0n) is 18.4. The van der Waals surface area contributed by atoms with Crippen molar-refractivity contribution >= 4 is 34.4 Å². The van der Waals surface area contributed by atoms with E-state index < -0.39 is 6.10 Å². The van der Waals surface area contributed by atoms with E-state index >= 15 is 0 Å². The van der Waals surface area contributed by atoms with Gasteiger partial charge in [-0.25, -0.2) is 0 Å². The summed E-state index contributed by atoms with van der Waals surface area (Å²) < 4.78 is 5.84. The number of aliphatic hydroxyl groups is 1. The van der Waals surface area contributed by atoms with E-state index in [0.717, 1.165) is 10.9 Å². The third-order valence-corrected chi connectivity index (χ3v) is 7.00. The first kappa shape index (κ1) is 21.9. The molecule has 1 N–H and O–H groups in total. The Labute approximate surface area is 197 Å². The summed E-state index contributed by atoms with van der Waals surface area (Å²) in [4.78, 5) is 31.6. The number of carbonyl (C=O) groups excluding carboxylic acids is 2. The monoisotopic (exact) mass is 467 g/mol. The number of carbonyl (C=O) groups is 2. The summed E-state index contributed by atoms with van der Waals surface area (Å²) in [6.07, 6.45) is -0.642. The predicted molar refractivity (Wildman–Crippen MR) is 126 cm³/mol. The minimum atomic E-state index is -0.642. The van der Waals surface area contributed by atoms with Crippen LogP contribution >= 0.6 is 11.6 Å². The number of piperazine rings is 1. The molecule has 7 nitrogen and oxygen atoms in total. The van der Waals surface area contributed by atoms with Gasteiger partial charge in [0, 0.05) is 60.8 Å². The highest BCUT2D eigenvalue weighted by Crippen LogP contribution is 2.28. The largest absolute Gasteiger partial charge is 0.451 e. The lowest BCUT2D eigenvalue weighted by atomic mass is 10.1. The lowest BCUT2D eigenvalue weighted by molar-refractivity contribution is 0.0376. The summed E-state index contributed by atoms with van der Waals surface area (Å²) in [5.74, 6) is 0.125. The number of furan rings is 1. The van der Waals surface area contributed by atoms with Gasteiger partial charge in [0.2, 0.25) is 0 Å². The van der Waals surface area contributed by atoms with E-state index in [4.69, 9.17) is 16.0 Å². The molecule has 0 aliphatic carbocycles. The van der Waals surface area contributed by atoms with Gasteiger partial charge in [-0.05, 0) is 37.3 Å². The van der Waals surface area contributed by atoms with Gasteiger partial charge in [-0.3, -0.25) is 14.5 Å². The molecule has 0 radical (unpaired) electrons.